The molecule has 0 saturated heterocycles. The Bertz CT molecular complexity index is 993. The van der Waals surface area contributed by atoms with E-state index in [2.05, 4.69) is 59.2 Å². The lowest BCUT2D eigenvalue weighted by Crippen LogP contribution is -1.90. The van der Waals surface area contributed by atoms with Gasteiger partial charge in [0.2, 0.25) is 0 Å². The lowest BCUT2D eigenvalue weighted by molar-refractivity contribution is 0.475. The molecule has 0 radical (unpaired) electrons. The van der Waals surface area contributed by atoms with Crippen molar-refractivity contribution in [2.45, 2.75) is 0 Å². The molecule has 0 spiro atoms. The number of phenolic OH excluding ortho intramolecular Hbond substituents is 1. The Morgan fingerprint density at radius 3 is 1.22 bits per heavy atom. The van der Waals surface area contributed by atoms with Gasteiger partial charge < -0.3 is 15.7 Å². The molecule has 0 heterocycles. The number of nitrogens with one attached hydrogen (secondary N) is 2. The van der Waals surface area contributed by atoms with Gasteiger partial charge in [-0.3, -0.25) is 0 Å². The van der Waals surface area contributed by atoms with Crippen LogP contribution in [0.3, 0.4) is 0 Å². The standard InChI is InChI=1S/C24H20N2O/c27-24-16-14-23(15-17-24)26-22-12-8-19(9-13-22)18-6-10-21(11-7-18)25-20-4-2-1-3-5-20/h1-17,25-27H. The van der Waals surface area contributed by atoms with E-state index in [-0.39, 0.29) is 5.75 Å². The van der Waals surface area contributed by atoms with Crippen molar-refractivity contribution in [2.75, 3.05) is 10.6 Å². The SMILES string of the molecule is Oc1ccc(Nc2ccc(-c3ccc(Nc4ccccc4)cc3)cc2)cc1. The fourth-order valence-electron chi connectivity index (χ4n) is 2.89. The Hall–Kier alpha value is -3.72. The maximum atomic E-state index is 9.36. The van der Waals surface area contributed by atoms with Gasteiger partial charge in [0.05, 0.1) is 0 Å². The Labute approximate surface area is 158 Å². The van der Waals surface area contributed by atoms with E-state index in [4.69, 9.17) is 0 Å². The second-order valence-electron chi connectivity index (χ2n) is 6.32. The highest BCUT2D eigenvalue weighted by molar-refractivity contribution is 5.71. The first-order valence-corrected chi connectivity index (χ1v) is 8.85. The summed E-state index contributed by atoms with van der Waals surface area (Å²) in [4.78, 5) is 0. The first-order valence-electron chi connectivity index (χ1n) is 8.85. The lowest BCUT2D eigenvalue weighted by Gasteiger charge is -2.09. The molecule has 3 nitrogen and oxygen atoms in total. The average molecular weight is 352 g/mol. The molecule has 0 bridgehead atoms. The molecule has 0 saturated carbocycles. The monoisotopic (exact) mass is 352 g/mol. The number of hydrogen-bond donors (Lipinski definition) is 3. The highest BCUT2D eigenvalue weighted by Crippen LogP contribution is 2.26. The molecule has 3 heteroatoms. The topological polar surface area (TPSA) is 44.3 Å². The Morgan fingerprint density at radius 2 is 0.778 bits per heavy atom. The molecule has 3 N–H and O–H groups in total. The molecule has 4 rings (SSSR count). The molecule has 4 aromatic carbocycles. The summed E-state index contributed by atoms with van der Waals surface area (Å²) in [6.07, 6.45) is 0. The summed E-state index contributed by atoms with van der Waals surface area (Å²) in [7, 11) is 0. The van der Waals surface area contributed by atoms with E-state index in [1.54, 1.807) is 12.1 Å². The third-order valence-corrected chi connectivity index (χ3v) is 4.32. The maximum absolute atomic E-state index is 9.36. The van der Waals surface area contributed by atoms with E-state index >= 15 is 0 Å². The molecule has 0 aliphatic heterocycles. The minimum absolute atomic E-state index is 0.265. The summed E-state index contributed by atoms with van der Waals surface area (Å²) < 4.78 is 0. The average Bonchev–Trinajstić information content (AvgIpc) is 2.72. The lowest BCUT2D eigenvalue weighted by atomic mass is 10.0. The van der Waals surface area contributed by atoms with Gasteiger partial charge in [0.15, 0.2) is 0 Å². The van der Waals surface area contributed by atoms with E-state index in [9.17, 15) is 5.11 Å². The zero-order valence-corrected chi connectivity index (χ0v) is 14.8. The van der Waals surface area contributed by atoms with Crippen molar-refractivity contribution >= 4 is 22.7 Å². The molecule has 0 aliphatic carbocycles. The number of hydrogen-bond acceptors (Lipinski definition) is 3. The minimum Gasteiger partial charge on any atom is -0.508 e. The summed E-state index contributed by atoms with van der Waals surface area (Å²) in [6, 6.07) is 33.9. The van der Waals surface area contributed by atoms with Crippen LogP contribution in [0.5, 0.6) is 5.75 Å². The number of aromatic hydroxyl groups is 1. The minimum atomic E-state index is 0.265. The molecule has 0 aliphatic rings. The maximum Gasteiger partial charge on any atom is 0.115 e. The molecule has 0 aromatic heterocycles. The fraction of sp³-hybridized carbons (Fsp3) is 0. The van der Waals surface area contributed by atoms with Crippen LogP contribution in [0, 0.1) is 0 Å². The van der Waals surface area contributed by atoms with Gasteiger partial charge in [-0.2, -0.15) is 0 Å². The van der Waals surface area contributed by atoms with Gasteiger partial charge in [0.1, 0.15) is 5.75 Å². The predicted molar refractivity (Wildman–Crippen MR) is 113 cm³/mol. The van der Waals surface area contributed by atoms with Gasteiger partial charge in [0, 0.05) is 22.7 Å². The fourth-order valence-corrected chi connectivity index (χ4v) is 2.89. The summed E-state index contributed by atoms with van der Waals surface area (Å²) in [5, 5.41) is 16.1. The third-order valence-electron chi connectivity index (χ3n) is 4.32. The number of anilines is 4. The van der Waals surface area contributed by atoms with Crippen LogP contribution in [0.2, 0.25) is 0 Å². The quantitative estimate of drug-likeness (QED) is 0.357. The van der Waals surface area contributed by atoms with Gasteiger partial charge >= 0.3 is 0 Å². The number of rotatable bonds is 5. The molecule has 27 heavy (non-hydrogen) atoms. The van der Waals surface area contributed by atoms with E-state index in [0.29, 0.717) is 0 Å². The zero-order chi connectivity index (χ0) is 18.5. The van der Waals surface area contributed by atoms with Crippen LogP contribution in [-0.4, -0.2) is 5.11 Å². The van der Waals surface area contributed by atoms with Crippen molar-refractivity contribution in [3.63, 3.8) is 0 Å². The van der Waals surface area contributed by atoms with Crippen LogP contribution in [-0.2, 0) is 0 Å². The predicted octanol–water partition coefficient (Wildman–Crippen LogP) is 6.55. The van der Waals surface area contributed by atoms with Gasteiger partial charge in [-0.15, -0.1) is 0 Å². The molecule has 0 atom stereocenters. The summed E-state index contributed by atoms with van der Waals surface area (Å²) in [6.45, 7) is 0. The smallest absolute Gasteiger partial charge is 0.115 e. The second-order valence-corrected chi connectivity index (χ2v) is 6.32. The van der Waals surface area contributed by atoms with Crippen molar-refractivity contribution < 1.29 is 5.11 Å². The van der Waals surface area contributed by atoms with Gasteiger partial charge in [-0.05, 0) is 71.8 Å². The molecular weight excluding hydrogens is 332 g/mol. The molecule has 4 aromatic rings. The van der Waals surface area contributed by atoms with Crippen LogP contribution in [0.4, 0.5) is 22.7 Å². The molecule has 0 fully saturated rings. The molecule has 0 unspecified atom stereocenters. The number of phenols is 1. The van der Waals surface area contributed by atoms with Crippen LogP contribution >= 0.6 is 0 Å². The normalized spacial score (nSPS) is 10.4. The van der Waals surface area contributed by atoms with E-state index in [0.717, 1.165) is 28.3 Å². The Morgan fingerprint density at radius 1 is 0.407 bits per heavy atom. The first kappa shape index (κ1) is 16.7. The second kappa shape index (κ2) is 7.67. The highest BCUT2D eigenvalue weighted by Gasteiger charge is 2.00. The van der Waals surface area contributed by atoms with Gasteiger partial charge in [-0.1, -0.05) is 42.5 Å². The largest absolute Gasteiger partial charge is 0.508 e. The summed E-state index contributed by atoms with van der Waals surface area (Å²) >= 11 is 0. The van der Waals surface area contributed by atoms with Crippen molar-refractivity contribution in [1.82, 2.24) is 0 Å². The third kappa shape index (κ3) is 4.28. The molecular formula is C24H20N2O. The Kier molecular flexibility index (Phi) is 4.75. The van der Waals surface area contributed by atoms with Crippen molar-refractivity contribution in [3.05, 3.63) is 103 Å². The molecule has 132 valence electrons. The van der Waals surface area contributed by atoms with Crippen molar-refractivity contribution in [1.29, 1.82) is 0 Å². The van der Waals surface area contributed by atoms with Gasteiger partial charge in [0.25, 0.3) is 0 Å². The highest BCUT2D eigenvalue weighted by atomic mass is 16.3. The van der Waals surface area contributed by atoms with E-state index in [1.807, 2.05) is 42.5 Å². The van der Waals surface area contributed by atoms with Crippen LogP contribution in [0.1, 0.15) is 0 Å². The van der Waals surface area contributed by atoms with Crippen LogP contribution < -0.4 is 10.6 Å². The van der Waals surface area contributed by atoms with Crippen molar-refractivity contribution in [2.24, 2.45) is 0 Å². The number of para-hydroxylation sites is 1. The first-order chi connectivity index (χ1) is 13.3. The number of benzene rings is 4. The zero-order valence-electron chi connectivity index (χ0n) is 14.8. The van der Waals surface area contributed by atoms with E-state index < -0.39 is 0 Å². The van der Waals surface area contributed by atoms with Crippen LogP contribution in [0.25, 0.3) is 11.1 Å². The molecule has 0 amide bonds. The van der Waals surface area contributed by atoms with E-state index in [1.165, 1.54) is 5.56 Å². The van der Waals surface area contributed by atoms with Crippen molar-refractivity contribution in [3.8, 4) is 16.9 Å². The van der Waals surface area contributed by atoms with Crippen LogP contribution in [0.15, 0.2) is 103 Å². The summed E-state index contributed by atoms with van der Waals surface area (Å²) in [5.74, 6) is 0.265. The Balaban J connectivity index is 1.44. The summed E-state index contributed by atoms with van der Waals surface area (Å²) in [5.41, 5.74) is 6.43. The van der Waals surface area contributed by atoms with Gasteiger partial charge in [-0.25, -0.2) is 0 Å².